The predicted octanol–water partition coefficient (Wildman–Crippen LogP) is 1.79. The van der Waals surface area contributed by atoms with E-state index < -0.39 is 0 Å². The number of carbonyl (C=O) groups is 1. The number of carbonyl (C=O) groups excluding carboxylic acids is 1. The summed E-state index contributed by atoms with van der Waals surface area (Å²) in [6, 6.07) is 0. The highest BCUT2D eigenvalue weighted by Crippen LogP contribution is 2.21. The number of unbranched alkanes of at least 4 members (excludes halogenated alkanes) is 1. The fraction of sp³-hybridized carbons (Fsp3) is 0.750. The van der Waals surface area contributed by atoms with Crippen molar-refractivity contribution in [2.75, 3.05) is 19.8 Å². The van der Waals surface area contributed by atoms with Gasteiger partial charge in [0.05, 0.1) is 13.2 Å². The summed E-state index contributed by atoms with van der Waals surface area (Å²) in [6.07, 6.45) is 4.02. The number of esters is 1. The first-order valence-electron chi connectivity index (χ1n) is 5.86. The maximum absolute atomic E-state index is 11.1. The largest absolute Gasteiger partial charge is 0.458 e. The van der Waals surface area contributed by atoms with Gasteiger partial charge in [0.15, 0.2) is 6.29 Å². The second kappa shape index (κ2) is 5.46. The average molecular weight is 226 g/mol. The van der Waals surface area contributed by atoms with Gasteiger partial charge in [-0.25, -0.2) is 4.79 Å². The molecule has 0 atom stereocenters. The predicted molar refractivity (Wildman–Crippen MR) is 57.8 cm³/mol. The molecule has 0 bridgehead atoms. The van der Waals surface area contributed by atoms with Gasteiger partial charge in [-0.15, -0.1) is 0 Å². The lowest BCUT2D eigenvalue weighted by Crippen LogP contribution is -2.06. The first-order valence-corrected chi connectivity index (χ1v) is 5.86. The van der Waals surface area contributed by atoms with Crippen molar-refractivity contribution in [2.24, 2.45) is 0 Å². The molecule has 0 aromatic heterocycles. The number of ether oxygens (including phenoxy) is 3. The Morgan fingerprint density at radius 3 is 2.62 bits per heavy atom. The lowest BCUT2D eigenvalue weighted by atomic mass is 10.0. The van der Waals surface area contributed by atoms with Crippen molar-refractivity contribution < 1.29 is 19.0 Å². The standard InChI is InChI=1S/C12H18O4/c1-9-10(8-16-12(9)13)4-2-3-5-11-14-6-7-15-11/h11H,2-8H2,1H3. The molecule has 4 nitrogen and oxygen atoms in total. The van der Waals surface area contributed by atoms with Gasteiger partial charge < -0.3 is 14.2 Å². The highest BCUT2D eigenvalue weighted by Gasteiger charge is 2.20. The van der Waals surface area contributed by atoms with Crippen molar-refractivity contribution in [3.05, 3.63) is 11.1 Å². The molecule has 2 rings (SSSR count). The first-order chi connectivity index (χ1) is 7.77. The van der Waals surface area contributed by atoms with Crippen molar-refractivity contribution in [3.8, 4) is 0 Å². The maximum atomic E-state index is 11.1. The van der Waals surface area contributed by atoms with E-state index >= 15 is 0 Å². The zero-order valence-corrected chi connectivity index (χ0v) is 9.66. The van der Waals surface area contributed by atoms with Gasteiger partial charge in [0, 0.05) is 5.57 Å². The molecule has 1 saturated heterocycles. The molecule has 0 unspecified atom stereocenters. The third kappa shape index (κ3) is 2.83. The zero-order chi connectivity index (χ0) is 11.4. The average Bonchev–Trinajstić information content (AvgIpc) is 2.88. The third-order valence-electron chi connectivity index (χ3n) is 3.07. The van der Waals surface area contributed by atoms with Gasteiger partial charge in [-0.1, -0.05) is 0 Å². The first kappa shape index (κ1) is 11.6. The van der Waals surface area contributed by atoms with E-state index in [0.717, 1.165) is 50.0 Å². The quantitative estimate of drug-likeness (QED) is 0.529. The Balaban J connectivity index is 1.62. The van der Waals surface area contributed by atoms with Gasteiger partial charge in [0.2, 0.25) is 0 Å². The lowest BCUT2D eigenvalue weighted by molar-refractivity contribution is -0.135. The van der Waals surface area contributed by atoms with Crippen molar-refractivity contribution in [1.29, 1.82) is 0 Å². The topological polar surface area (TPSA) is 44.8 Å². The molecule has 2 aliphatic rings. The highest BCUT2D eigenvalue weighted by atomic mass is 16.7. The Kier molecular flexibility index (Phi) is 3.96. The van der Waals surface area contributed by atoms with Crippen LogP contribution >= 0.6 is 0 Å². The molecule has 0 aromatic rings. The van der Waals surface area contributed by atoms with E-state index in [9.17, 15) is 4.79 Å². The lowest BCUT2D eigenvalue weighted by Gasteiger charge is -2.08. The second-order valence-electron chi connectivity index (χ2n) is 4.22. The minimum atomic E-state index is -0.155. The molecule has 4 heteroatoms. The van der Waals surface area contributed by atoms with Gasteiger partial charge in [-0.2, -0.15) is 0 Å². The number of hydrogen-bond acceptors (Lipinski definition) is 4. The van der Waals surface area contributed by atoms with Crippen LogP contribution in [0.3, 0.4) is 0 Å². The zero-order valence-electron chi connectivity index (χ0n) is 9.66. The Bertz CT molecular complexity index is 289. The van der Waals surface area contributed by atoms with Gasteiger partial charge in [-0.05, 0) is 38.2 Å². The Hall–Kier alpha value is -0.870. The molecular formula is C12H18O4. The summed E-state index contributed by atoms with van der Waals surface area (Å²) in [5.41, 5.74) is 1.95. The molecule has 0 aromatic carbocycles. The fourth-order valence-electron chi connectivity index (χ4n) is 2.00. The molecule has 1 fully saturated rings. The van der Waals surface area contributed by atoms with E-state index in [1.807, 2.05) is 6.92 Å². The molecule has 2 heterocycles. The van der Waals surface area contributed by atoms with Gasteiger partial charge in [-0.3, -0.25) is 0 Å². The molecule has 16 heavy (non-hydrogen) atoms. The van der Waals surface area contributed by atoms with Crippen LogP contribution in [0.25, 0.3) is 0 Å². The molecule has 0 aliphatic carbocycles. The van der Waals surface area contributed by atoms with Gasteiger partial charge in [0.1, 0.15) is 6.61 Å². The summed E-state index contributed by atoms with van der Waals surface area (Å²) in [7, 11) is 0. The minimum Gasteiger partial charge on any atom is -0.458 e. The van der Waals surface area contributed by atoms with Crippen LogP contribution in [-0.2, 0) is 19.0 Å². The normalized spacial score (nSPS) is 21.9. The minimum absolute atomic E-state index is 0.00321. The summed E-state index contributed by atoms with van der Waals surface area (Å²) >= 11 is 0. The molecule has 2 aliphatic heterocycles. The summed E-state index contributed by atoms with van der Waals surface area (Å²) in [4.78, 5) is 11.1. The van der Waals surface area contributed by atoms with Crippen LogP contribution in [0.15, 0.2) is 11.1 Å². The van der Waals surface area contributed by atoms with E-state index in [4.69, 9.17) is 14.2 Å². The Labute approximate surface area is 95.6 Å². The molecule has 0 N–H and O–H groups in total. The molecule has 0 saturated carbocycles. The number of rotatable bonds is 5. The van der Waals surface area contributed by atoms with Crippen molar-refractivity contribution >= 4 is 5.97 Å². The summed E-state index contributed by atoms with van der Waals surface area (Å²) in [6.45, 7) is 3.77. The van der Waals surface area contributed by atoms with Crippen LogP contribution < -0.4 is 0 Å². The maximum Gasteiger partial charge on any atom is 0.334 e. The Morgan fingerprint density at radius 1 is 1.25 bits per heavy atom. The van der Waals surface area contributed by atoms with E-state index in [1.165, 1.54) is 0 Å². The van der Waals surface area contributed by atoms with Crippen LogP contribution in [0.4, 0.5) is 0 Å². The van der Waals surface area contributed by atoms with Crippen LogP contribution in [0.1, 0.15) is 32.6 Å². The summed E-state index contributed by atoms with van der Waals surface area (Å²) in [5.74, 6) is -0.155. The van der Waals surface area contributed by atoms with Crippen LogP contribution in [-0.4, -0.2) is 32.1 Å². The second-order valence-corrected chi connectivity index (χ2v) is 4.22. The van der Waals surface area contributed by atoms with Crippen molar-refractivity contribution in [1.82, 2.24) is 0 Å². The number of cyclic esters (lactones) is 1. The van der Waals surface area contributed by atoms with Crippen molar-refractivity contribution in [3.63, 3.8) is 0 Å². The van der Waals surface area contributed by atoms with Crippen LogP contribution in [0.5, 0.6) is 0 Å². The fourth-order valence-corrected chi connectivity index (χ4v) is 2.00. The SMILES string of the molecule is CC1=C(CCCCC2OCCO2)COC1=O. The van der Waals surface area contributed by atoms with Gasteiger partial charge in [0.25, 0.3) is 0 Å². The third-order valence-corrected chi connectivity index (χ3v) is 3.07. The van der Waals surface area contributed by atoms with E-state index in [-0.39, 0.29) is 12.3 Å². The molecule has 0 amide bonds. The Morgan fingerprint density at radius 2 is 2.00 bits per heavy atom. The smallest absolute Gasteiger partial charge is 0.334 e. The van der Waals surface area contributed by atoms with Crippen LogP contribution in [0, 0.1) is 0 Å². The monoisotopic (exact) mass is 226 g/mol. The van der Waals surface area contributed by atoms with Gasteiger partial charge >= 0.3 is 5.97 Å². The van der Waals surface area contributed by atoms with Crippen molar-refractivity contribution in [2.45, 2.75) is 38.9 Å². The summed E-state index contributed by atoms with van der Waals surface area (Å²) in [5, 5.41) is 0. The number of hydrogen-bond donors (Lipinski definition) is 0. The van der Waals surface area contributed by atoms with Crippen LogP contribution in [0.2, 0.25) is 0 Å². The molecule has 90 valence electrons. The van der Waals surface area contributed by atoms with E-state index in [1.54, 1.807) is 0 Å². The summed E-state index contributed by atoms with van der Waals surface area (Å²) < 4.78 is 15.6. The van der Waals surface area contributed by atoms with E-state index in [0.29, 0.717) is 6.61 Å². The molecule has 0 spiro atoms. The molecular weight excluding hydrogens is 208 g/mol. The highest BCUT2D eigenvalue weighted by molar-refractivity contribution is 5.90. The van der Waals surface area contributed by atoms with E-state index in [2.05, 4.69) is 0 Å². The molecule has 0 radical (unpaired) electrons.